The monoisotopic (exact) mass is 915 g/mol. The molecule has 13 heteroatoms. The van der Waals surface area contributed by atoms with E-state index in [-0.39, 0.29) is 30.0 Å². The minimum absolute atomic E-state index is 0.0186. The predicted octanol–water partition coefficient (Wildman–Crippen LogP) is 6.78. The molecule has 13 nitrogen and oxygen atoms in total. The fraction of sp³-hybridized carbons (Fsp3) is 0.304. The van der Waals surface area contributed by atoms with Crippen LogP contribution in [0.25, 0.3) is 34.4 Å². The molecule has 1 unspecified atom stereocenters. The number of pyridine rings is 1. The highest BCUT2D eigenvalue weighted by atomic mass is 16.2. The number of imide groups is 1. The van der Waals surface area contributed by atoms with Crippen molar-refractivity contribution in [3.8, 4) is 23.2 Å². The van der Waals surface area contributed by atoms with Crippen molar-refractivity contribution < 1.29 is 19.2 Å². The lowest BCUT2D eigenvalue weighted by molar-refractivity contribution is -0.136. The van der Waals surface area contributed by atoms with Gasteiger partial charge < -0.3 is 15.1 Å². The van der Waals surface area contributed by atoms with E-state index in [4.69, 9.17) is 9.97 Å². The highest BCUT2D eigenvalue weighted by Gasteiger charge is 2.40. The zero-order valence-corrected chi connectivity index (χ0v) is 38.7. The summed E-state index contributed by atoms with van der Waals surface area (Å²) in [6, 6.07) is 32.3. The average Bonchev–Trinajstić information content (AvgIpc) is 3.69. The highest BCUT2D eigenvalue weighted by molar-refractivity contribution is 6.05. The van der Waals surface area contributed by atoms with E-state index in [0.29, 0.717) is 61.4 Å². The number of aromatic nitrogens is 3. The van der Waals surface area contributed by atoms with Crippen molar-refractivity contribution in [1.82, 2.24) is 39.9 Å². The smallest absolute Gasteiger partial charge is 0.255 e. The van der Waals surface area contributed by atoms with E-state index in [1.165, 1.54) is 5.56 Å². The summed E-state index contributed by atoms with van der Waals surface area (Å²) >= 11 is 0. The third-order valence-electron chi connectivity index (χ3n) is 14.5. The molecule has 1 atom stereocenters. The van der Waals surface area contributed by atoms with Crippen molar-refractivity contribution in [3.05, 3.63) is 153 Å². The molecule has 3 saturated heterocycles. The molecule has 3 fully saturated rings. The molecule has 4 amide bonds. The third-order valence-corrected chi connectivity index (χ3v) is 14.5. The molecule has 346 valence electrons. The Hall–Kier alpha value is -7.53. The van der Waals surface area contributed by atoms with Crippen LogP contribution in [0.2, 0.25) is 0 Å². The summed E-state index contributed by atoms with van der Waals surface area (Å²) < 4.78 is 0. The summed E-state index contributed by atoms with van der Waals surface area (Å²) in [5, 5.41) is 6.65. The molecule has 5 aliphatic heterocycles. The van der Waals surface area contributed by atoms with Gasteiger partial charge in [-0.15, -0.1) is 0 Å². The van der Waals surface area contributed by atoms with Crippen LogP contribution in [0.3, 0.4) is 0 Å². The van der Waals surface area contributed by atoms with Crippen molar-refractivity contribution in [3.63, 3.8) is 0 Å². The van der Waals surface area contributed by atoms with E-state index in [2.05, 4.69) is 91.9 Å². The van der Waals surface area contributed by atoms with Gasteiger partial charge in [0.2, 0.25) is 11.8 Å². The average molecular weight is 916 g/mol. The van der Waals surface area contributed by atoms with Crippen LogP contribution in [0.5, 0.6) is 0 Å². The second kappa shape index (κ2) is 18.9. The molecule has 0 aliphatic carbocycles. The van der Waals surface area contributed by atoms with Gasteiger partial charge in [-0.3, -0.25) is 39.3 Å². The number of nitrogens with one attached hydrogen (secondary N) is 2. The number of fused-ring (bicyclic) bond motifs is 3. The Kier molecular flexibility index (Phi) is 12.0. The van der Waals surface area contributed by atoms with Gasteiger partial charge in [-0.05, 0) is 90.4 Å². The van der Waals surface area contributed by atoms with Crippen molar-refractivity contribution >= 4 is 52.5 Å². The van der Waals surface area contributed by atoms with Crippen molar-refractivity contribution in [1.29, 1.82) is 0 Å². The molecule has 11 rings (SSSR count). The Balaban J connectivity index is 0.626. The molecule has 0 spiro atoms. The quantitative estimate of drug-likeness (QED) is 0.0906. The largest absolute Gasteiger partial charge is 0.373 e. The standard InChI is InChI=1S/C56H53N9O4/c1-57-53-47-24-28-63(35-49(47)59-52(61-53)42-30-41-6-2-3-7-48(41)58-31-42)55(68)39-16-14-38(15-17-39)13-12-37-10-8-36(9-11-37)5-4-25-62-26-22-45(23-27-62)64-32-44(33-64)40-18-19-46-43(29-40)34-65(56(46)69)50-20-21-51(66)60-54(50)67/h2-3,6-19,29-31,44-45,50H,20-28,32-35H2,1H3,(H,57,59,61)(H,60,66,67)/b13-12+. The summed E-state index contributed by atoms with van der Waals surface area (Å²) in [4.78, 5) is 73.9. The minimum Gasteiger partial charge on any atom is -0.373 e. The molecule has 2 N–H and O–H groups in total. The lowest BCUT2D eigenvalue weighted by Crippen LogP contribution is -2.54. The fourth-order valence-corrected chi connectivity index (χ4v) is 10.5. The van der Waals surface area contributed by atoms with Crippen molar-refractivity contribution in [2.24, 2.45) is 0 Å². The van der Waals surface area contributed by atoms with Gasteiger partial charge in [0.05, 0.1) is 24.3 Å². The first kappa shape index (κ1) is 44.0. The fourth-order valence-electron chi connectivity index (χ4n) is 10.5. The second-order valence-electron chi connectivity index (χ2n) is 18.8. The Labute approximate surface area is 401 Å². The summed E-state index contributed by atoms with van der Waals surface area (Å²) in [5.41, 5.74) is 10.3. The molecule has 69 heavy (non-hydrogen) atoms. The van der Waals surface area contributed by atoms with Gasteiger partial charge >= 0.3 is 0 Å². The maximum absolute atomic E-state index is 13.7. The number of carbonyl (C=O) groups is 4. The number of para-hydroxylation sites is 1. The zero-order valence-electron chi connectivity index (χ0n) is 38.7. The lowest BCUT2D eigenvalue weighted by Gasteiger charge is -2.47. The second-order valence-corrected chi connectivity index (χ2v) is 18.8. The van der Waals surface area contributed by atoms with Gasteiger partial charge in [-0.1, -0.05) is 78.6 Å². The van der Waals surface area contributed by atoms with E-state index >= 15 is 0 Å². The third kappa shape index (κ3) is 9.13. The summed E-state index contributed by atoms with van der Waals surface area (Å²) in [7, 11) is 1.87. The summed E-state index contributed by atoms with van der Waals surface area (Å²) in [6.45, 7) is 6.26. The number of carbonyl (C=O) groups excluding carboxylic acids is 4. The molecule has 2 aromatic heterocycles. The molecular formula is C56H53N9O4. The van der Waals surface area contributed by atoms with E-state index in [0.717, 1.165) is 101 Å². The van der Waals surface area contributed by atoms with Gasteiger partial charge in [-0.25, -0.2) is 9.97 Å². The normalized spacial score (nSPS) is 19.0. The Bertz CT molecular complexity index is 3090. The van der Waals surface area contributed by atoms with Gasteiger partial charge in [0.1, 0.15) is 11.9 Å². The van der Waals surface area contributed by atoms with Gasteiger partial charge in [0.25, 0.3) is 11.8 Å². The molecule has 5 aliphatic rings. The topological polar surface area (TPSA) is 144 Å². The number of rotatable bonds is 9. The van der Waals surface area contributed by atoms with Crippen LogP contribution in [0.15, 0.2) is 103 Å². The minimum atomic E-state index is -0.588. The SMILES string of the molecule is CNc1nc(-c2cnc3ccccc3c2)nc2c1CCN(C(=O)c1ccc(/C=C/c3ccc(C#CCN4CCC(N5CC(c6ccc7c(c6)CN(C6CCC(=O)NC6=O)C7=O)C5)CC4)cc3)cc1)C2. The van der Waals surface area contributed by atoms with Crippen LogP contribution in [-0.4, -0.2) is 117 Å². The number of nitrogens with zero attached hydrogens (tertiary/aromatic N) is 7. The molecule has 0 bridgehead atoms. The maximum atomic E-state index is 13.7. The van der Waals surface area contributed by atoms with Crippen LogP contribution < -0.4 is 10.6 Å². The number of likely N-dealkylation sites (tertiary alicyclic amines) is 2. The van der Waals surface area contributed by atoms with Crippen LogP contribution in [0.1, 0.15) is 91.4 Å². The molecule has 6 aromatic rings. The van der Waals surface area contributed by atoms with Gasteiger partial charge in [-0.2, -0.15) is 0 Å². The highest BCUT2D eigenvalue weighted by Crippen LogP contribution is 2.36. The molecule has 4 aromatic carbocycles. The molecule has 0 saturated carbocycles. The number of hydrogen-bond donors (Lipinski definition) is 2. The molecular weight excluding hydrogens is 863 g/mol. The maximum Gasteiger partial charge on any atom is 0.255 e. The first-order valence-corrected chi connectivity index (χ1v) is 24.1. The number of benzene rings is 4. The van der Waals surface area contributed by atoms with Gasteiger partial charge in [0, 0.05) is 104 Å². The number of piperidine rings is 2. The van der Waals surface area contributed by atoms with Crippen LogP contribution in [-0.2, 0) is 29.1 Å². The lowest BCUT2D eigenvalue weighted by atomic mass is 9.86. The van der Waals surface area contributed by atoms with Crippen molar-refractivity contribution in [2.45, 2.75) is 63.2 Å². The first-order valence-electron chi connectivity index (χ1n) is 24.1. The number of amides is 4. The number of hydrogen-bond acceptors (Lipinski definition) is 10. The predicted molar refractivity (Wildman–Crippen MR) is 266 cm³/mol. The van der Waals surface area contributed by atoms with E-state index in [1.807, 2.05) is 66.5 Å². The first-order chi connectivity index (χ1) is 33.7. The summed E-state index contributed by atoms with van der Waals surface area (Å²) in [5.74, 6) is 7.79. The van der Waals surface area contributed by atoms with Crippen LogP contribution >= 0.6 is 0 Å². The van der Waals surface area contributed by atoms with E-state index < -0.39 is 6.04 Å². The van der Waals surface area contributed by atoms with E-state index in [9.17, 15) is 19.2 Å². The van der Waals surface area contributed by atoms with Crippen molar-refractivity contribution in [2.75, 3.05) is 51.6 Å². The Morgan fingerprint density at radius 2 is 1.61 bits per heavy atom. The number of anilines is 1. The van der Waals surface area contributed by atoms with Crippen LogP contribution in [0, 0.1) is 11.8 Å². The summed E-state index contributed by atoms with van der Waals surface area (Å²) in [6.07, 6.45) is 9.50. The Morgan fingerprint density at radius 3 is 2.38 bits per heavy atom. The van der Waals surface area contributed by atoms with Gasteiger partial charge in [0.15, 0.2) is 5.82 Å². The molecule has 7 heterocycles. The zero-order chi connectivity index (χ0) is 47.0. The molecule has 0 radical (unpaired) electrons. The van der Waals surface area contributed by atoms with Crippen LogP contribution in [0.4, 0.5) is 5.82 Å². The Morgan fingerprint density at radius 1 is 0.841 bits per heavy atom. The van der Waals surface area contributed by atoms with E-state index in [1.54, 1.807) is 11.1 Å².